The van der Waals surface area contributed by atoms with Gasteiger partial charge in [0.25, 0.3) is 0 Å². The quantitative estimate of drug-likeness (QED) is 0.873. The molecule has 0 aromatic heterocycles. The molecule has 0 radical (unpaired) electrons. The highest BCUT2D eigenvalue weighted by atomic mass is 32.2. The van der Waals surface area contributed by atoms with Crippen LogP contribution in [-0.2, 0) is 10.0 Å². The molecule has 0 spiro atoms. The van der Waals surface area contributed by atoms with E-state index in [4.69, 9.17) is 5.73 Å². The first-order valence-corrected chi connectivity index (χ1v) is 8.47. The van der Waals surface area contributed by atoms with Crippen molar-refractivity contribution in [1.82, 2.24) is 4.31 Å². The Bertz CT molecular complexity index is 575. The minimum atomic E-state index is -3.73. The number of halogens is 1. The van der Waals surface area contributed by atoms with Gasteiger partial charge < -0.3 is 5.73 Å². The largest absolute Gasteiger partial charge is 0.398 e. The topological polar surface area (TPSA) is 63.4 Å². The summed E-state index contributed by atoms with van der Waals surface area (Å²) < 4.78 is 40.4. The Labute approximate surface area is 119 Å². The highest BCUT2D eigenvalue weighted by Gasteiger charge is 2.32. The van der Waals surface area contributed by atoms with E-state index >= 15 is 0 Å². The second-order valence-corrected chi connectivity index (χ2v) is 7.07. The smallest absolute Gasteiger partial charge is 0.245 e. The molecule has 1 aliphatic rings. The predicted octanol–water partition coefficient (Wildman–Crippen LogP) is 2.75. The third kappa shape index (κ3) is 2.96. The molecule has 1 unspecified atom stereocenters. The van der Waals surface area contributed by atoms with Crippen molar-refractivity contribution in [2.75, 3.05) is 12.3 Å². The van der Waals surface area contributed by atoms with Crippen molar-refractivity contribution in [3.05, 3.63) is 24.0 Å². The molecule has 1 fully saturated rings. The van der Waals surface area contributed by atoms with Crippen LogP contribution in [0.4, 0.5) is 10.1 Å². The van der Waals surface area contributed by atoms with Crippen molar-refractivity contribution >= 4 is 15.7 Å². The molecule has 1 aliphatic heterocycles. The maximum absolute atomic E-state index is 13.4. The molecule has 0 saturated carbocycles. The van der Waals surface area contributed by atoms with E-state index in [2.05, 4.69) is 0 Å². The Morgan fingerprint density at radius 3 is 2.80 bits per heavy atom. The van der Waals surface area contributed by atoms with E-state index in [-0.39, 0.29) is 16.6 Å². The van der Waals surface area contributed by atoms with Gasteiger partial charge in [0, 0.05) is 12.6 Å². The summed E-state index contributed by atoms with van der Waals surface area (Å²) in [6.45, 7) is 2.46. The summed E-state index contributed by atoms with van der Waals surface area (Å²) >= 11 is 0. The number of hydrogen-bond donors (Lipinski definition) is 1. The Morgan fingerprint density at radius 2 is 2.10 bits per heavy atom. The number of benzene rings is 1. The third-order valence-corrected chi connectivity index (χ3v) is 5.86. The van der Waals surface area contributed by atoms with Crippen LogP contribution in [0.15, 0.2) is 23.1 Å². The lowest BCUT2D eigenvalue weighted by atomic mass is 10.1. The number of sulfonamides is 1. The van der Waals surface area contributed by atoms with Gasteiger partial charge in [-0.1, -0.05) is 19.8 Å². The highest BCUT2D eigenvalue weighted by molar-refractivity contribution is 7.89. The fourth-order valence-electron chi connectivity index (χ4n) is 2.73. The van der Waals surface area contributed by atoms with Gasteiger partial charge in [0.05, 0.1) is 5.69 Å². The van der Waals surface area contributed by atoms with Crippen molar-refractivity contribution in [3.63, 3.8) is 0 Å². The number of nitrogen functional groups attached to an aromatic ring is 1. The molecular weight excluding hydrogens is 279 g/mol. The van der Waals surface area contributed by atoms with Crippen LogP contribution in [0.5, 0.6) is 0 Å². The molecule has 0 bridgehead atoms. The zero-order valence-corrected chi connectivity index (χ0v) is 12.5. The monoisotopic (exact) mass is 300 g/mol. The van der Waals surface area contributed by atoms with Gasteiger partial charge in [0.15, 0.2) is 0 Å². The lowest BCUT2D eigenvalue weighted by molar-refractivity contribution is 0.315. The second kappa shape index (κ2) is 6.10. The number of nitrogens with two attached hydrogens (primary N) is 1. The first kappa shape index (κ1) is 15.3. The Kier molecular flexibility index (Phi) is 4.65. The lowest BCUT2D eigenvalue weighted by Crippen LogP contribution is -2.39. The first-order chi connectivity index (χ1) is 9.46. The van der Waals surface area contributed by atoms with Gasteiger partial charge in [0.2, 0.25) is 10.0 Å². The Morgan fingerprint density at radius 1 is 1.35 bits per heavy atom. The van der Waals surface area contributed by atoms with Crippen LogP contribution in [0, 0.1) is 5.82 Å². The Balaban J connectivity index is 2.44. The maximum atomic E-state index is 13.4. The summed E-state index contributed by atoms with van der Waals surface area (Å²) in [6, 6.07) is 3.47. The molecule has 2 rings (SSSR count). The predicted molar refractivity (Wildman–Crippen MR) is 77.3 cm³/mol. The van der Waals surface area contributed by atoms with Gasteiger partial charge in [0.1, 0.15) is 10.7 Å². The highest BCUT2D eigenvalue weighted by Crippen LogP contribution is 2.29. The summed E-state index contributed by atoms with van der Waals surface area (Å²) in [5.74, 6) is -0.583. The fraction of sp³-hybridized carbons (Fsp3) is 0.571. The van der Waals surface area contributed by atoms with E-state index in [1.807, 2.05) is 6.92 Å². The summed E-state index contributed by atoms with van der Waals surface area (Å²) in [5, 5.41) is 0. The SMILES string of the molecule is CCC1CCCCCN1S(=O)(=O)c1cc(F)ccc1N. The van der Waals surface area contributed by atoms with Crippen LogP contribution in [-0.4, -0.2) is 25.3 Å². The molecule has 1 atom stereocenters. The van der Waals surface area contributed by atoms with Crippen LogP contribution in [0.1, 0.15) is 39.0 Å². The average Bonchev–Trinajstić information content (AvgIpc) is 2.66. The number of nitrogens with zero attached hydrogens (tertiary/aromatic N) is 1. The number of hydrogen-bond acceptors (Lipinski definition) is 3. The summed E-state index contributed by atoms with van der Waals surface area (Å²) in [6.07, 6.45) is 4.51. The van der Waals surface area contributed by atoms with Gasteiger partial charge in [-0.3, -0.25) is 0 Å². The molecule has 4 nitrogen and oxygen atoms in total. The van der Waals surface area contributed by atoms with Crippen molar-refractivity contribution in [3.8, 4) is 0 Å². The summed E-state index contributed by atoms with van der Waals surface area (Å²) in [4.78, 5) is -0.113. The van der Waals surface area contributed by atoms with E-state index in [0.29, 0.717) is 6.54 Å². The average molecular weight is 300 g/mol. The zero-order chi connectivity index (χ0) is 14.8. The maximum Gasteiger partial charge on any atom is 0.245 e. The van der Waals surface area contributed by atoms with E-state index < -0.39 is 15.8 Å². The standard InChI is InChI=1S/C14H21FN2O2S/c1-2-12-6-4-3-5-9-17(12)20(18,19)14-10-11(15)7-8-13(14)16/h7-8,10,12H,2-6,9,16H2,1H3. The van der Waals surface area contributed by atoms with Crippen molar-refractivity contribution in [2.24, 2.45) is 0 Å². The van der Waals surface area contributed by atoms with Crippen LogP contribution in [0.3, 0.4) is 0 Å². The van der Waals surface area contributed by atoms with Crippen molar-refractivity contribution < 1.29 is 12.8 Å². The molecule has 1 aromatic rings. The van der Waals surface area contributed by atoms with Gasteiger partial charge in [-0.15, -0.1) is 0 Å². The molecule has 20 heavy (non-hydrogen) atoms. The second-order valence-electron chi connectivity index (χ2n) is 5.21. The molecular formula is C14H21FN2O2S. The summed E-state index contributed by atoms with van der Waals surface area (Å²) in [5.41, 5.74) is 5.84. The normalized spacial score (nSPS) is 21.6. The molecule has 2 N–H and O–H groups in total. The van der Waals surface area contributed by atoms with Crippen LogP contribution < -0.4 is 5.73 Å². The molecule has 1 aromatic carbocycles. The molecule has 1 heterocycles. The van der Waals surface area contributed by atoms with E-state index in [0.717, 1.165) is 38.2 Å². The third-order valence-electron chi connectivity index (χ3n) is 3.86. The van der Waals surface area contributed by atoms with Crippen LogP contribution >= 0.6 is 0 Å². The molecule has 0 aliphatic carbocycles. The minimum Gasteiger partial charge on any atom is -0.398 e. The molecule has 6 heteroatoms. The Hall–Kier alpha value is -1.14. The molecule has 1 saturated heterocycles. The van der Waals surface area contributed by atoms with Gasteiger partial charge >= 0.3 is 0 Å². The van der Waals surface area contributed by atoms with E-state index in [1.165, 1.54) is 16.4 Å². The van der Waals surface area contributed by atoms with Crippen LogP contribution in [0.2, 0.25) is 0 Å². The van der Waals surface area contributed by atoms with Gasteiger partial charge in [-0.2, -0.15) is 4.31 Å². The fourth-order valence-corrected chi connectivity index (χ4v) is 4.63. The summed E-state index contributed by atoms with van der Waals surface area (Å²) in [7, 11) is -3.73. The lowest BCUT2D eigenvalue weighted by Gasteiger charge is -2.28. The van der Waals surface area contributed by atoms with Gasteiger partial charge in [-0.05, 0) is 37.5 Å². The molecule has 0 amide bonds. The van der Waals surface area contributed by atoms with E-state index in [9.17, 15) is 12.8 Å². The molecule has 112 valence electrons. The van der Waals surface area contributed by atoms with E-state index in [1.54, 1.807) is 0 Å². The van der Waals surface area contributed by atoms with Crippen molar-refractivity contribution in [1.29, 1.82) is 0 Å². The van der Waals surface area contributed by atoms with Crippen molar-refractivity contribution in [2.45, 2.75) is 50.0 Å². The minimum absolute atomic E-state index is 0.0230. The number of rotatable bonds is 3. The number of anilines is 1. The first-order valence-electron chi connectivity index (χ1n) is 7.03. The van der Waals surface area contributed by atoms with Crippen LogP contribution in [0.25, 0.3) is 0 Å². The van der Waals surface area contributed by atoms with Gasteiger partial charge in [-0.25, -0.2) is 12.8 Å². The zero-order valence-electron chi connectivity index (χ0n) is 11.7.